The highest BCUT2D eigenvalue weighted by Gasteiger charge is 2.24. The molecule has 1 aromatic rings. The van der Waals surface area contributed by atoms with Crippen LogP contribution in [0, 0.1) is 0 Å². The summed E-state index contributed by atoms with van der Waals surface area (Å²) in [5.74, 6) is 0.740. The summed E-state index contributed by atoms with van der Waals surface area (Å²) in [7, 11) is 3.80. The second-order valence-electron chi connectivity index (χ2n) is 4.25. The van der Waals surface area contributed by atoms with Gasteiger partial charge in [-0.2, -0.15) is 4.80 Å². The minimum atomic E-state index is 0.195. The maximum absolute atomic E-state index is 9.23. The summed E-state index contributed by atoms with van der Waals surface area (Å²) in [5, 5.41) is 21.2. The summed E-state index contributed by atoms with van der Waals surface area (Å²) in [4.78, 5) is 5.90. The highest BCUT2D eigenvalue weighted by molar-refractivity contribution is 4.84. The van der Waals surface area contributed by atoms with Gasteiger partial charge >= 0.3 is 0 Å². The van der Waals surface area contributed by atoms with Crippen LogP contribution in [0.1, 0.15) is 5.82 Å². The normalized spacial score (nSPS) is 23.8. The van der Waals surface area contributed by atoms with Crippen molar-refractivity contribution < 1.29 is 5.11 Å². The number of piperazine rings is 1. The maximum atomic E-state index is 9.23. The lowest BCUT2D eigenvalue weighted by atomic mass is 10.2. The molecule has 0 saturated carbocycles. The second-order valence-corrected chi connectivity index (χ2v) is 4.25. The lowest BCUT2D eigenvalue weighted by Gasteiger charge is -2.37. The molecule has 7 heteroatoms. The van der Waals surface area contributed by atoms with Crippen LogP contribution in [0.3, 0.4) is 0 Å². The van der Waals surface area contributed by atoms with Gasteiger partial charge in [0.05, 0.1) is 20.2 Å². The predicted octanol–water partition coefficient (Wildman–Crippen LogP) is -1.68. The molecule has 0 bridgehead atoms. The molecule has 1 unspecified atom stereocenters. The van der Waals surface area contributed by atoms with Gasteiger partial charge in [0.25, 0.3) is 0 Å². The quantitative estimate of drug-likeness (QED) is 0.664. The average Bonchev–Trinajstić information content (AvgIpc) is 2.67. The summed E-state index contributed by atoms with van der Waals surface area (Å²) in [6.45, 7) is 3.70. The molecule has 1 N–H and O–H groups in total. The molecule has 90 valence electrons. The van der Waals surface area contributed by atoms with Crippen molar-refractivity contribution >= 4 is 0 Å². The summed E-state index contributed by atoms with van der Waals surface area (Å²) in [6, 6.07) is 0.213. The van der Waals surface area contributed by atoms with Crippen LogP contribution in [0.5, 0.6) is 0 Å². The van der Waals surface area contributed by atoms with Gasteiger partial charge in [0.2, 0.25) is 0 Å². The zero-order valence-corrected chi connectivity index (χ0v) is 9.74. The van der Waals surface area contributed by atoms with E-state index in [9.17, 15) is 5.11 Å². The highest BCUT2D eigenvalue weighted by Crippen LogP contribution is 2.09. The van der Waals surface area contributed by atoms with E-state index in [-0.39, 0.29) is 12.6 Å². The van der Waals surface area contributed by atoms with E-state index in [1.54, 1.807) is 7.05 Å². The maximum Gasteiger partial charge on any atom is 0.188 e. The molecule has 0 aliphatic carbocycles. The molecule has 1 fully saturated rings. The third-order valence-electron chi connectivity index (χ3n) is 2.99. The van der Waals surface area contributed by atoms with E-state index in [1.165, 1.54) is 4.80 Å². The zero-order valence-electron chi connectivity index (χ0n) is 9.74. The Morgan fingerprint density at radius 3 is 2.81 bits per heavy atom. The Kier molecular flexibility index (Phi) is 3.47. The first-order valence-corrected chi connectivity index (χ1v) is 5.45. The molecule has 0 amide bonds. The van der Waals surface area contributed by atoms with Crippen LogP contribution in [0.15, 0.2) is 0 Å². The fourth-order valence-corrected chi connectivity index (χ4v) is 1.94. The minimum absolute atomic E-state index is 0.195. The van der Waals surface area contributed by atoms with Gasteiger partial charge in [-0.1, -0.05) is 0 Å². The molecule has 1 saturated heterocycles. The first-order chi connectivity index (χ1) is 7.69. The number of aryl methyl sites for hydroxylation is 1. The SMILES string of the molecule is CN1CCN(Cc2nnn(C)n2)CC1CO. The number of aliphatic hydroxyl groups is 1. The molecule has 2 rings (SSSR count). The lowest BCUT2D eigenvalue weighted by Crippen LogP contribution is -2.52. The number of tetrazole rings is 1. The molecule has 2 heterocycles. The van der Waals surface area contributed by atoms with Crippen LogP contribution in [-0.4, -0.2) is 74.4 Å². The van der Waals surface area contributed by atoms with Crippen LogP contribution < -0.4 is 0 Å². The Morgan fingerprint density at radius 1 is 1.38 bits per heavy atom. The first kappa shape index (κ1) is 11.4. The van der Waals surface area contributed by atoms with E-state index < -0.39 is 0 Å². The second kappa shape index (κ2) is 4.86. The van der Waals surface area contributed by atoms with E-state index in [1.807, 2.05) is 7.05 Å². The van der Waals surface area contributed by atoms with Gasteiger partial charge < -0.3 is 5.11 Å². The fraction of sp³-hybridized carbons (Fsp3) is 0.889. The predicted molar refractivity (Wildman–Crippen MR) is 57.6 cm³/mol. The topological polar surface area (TPSA) is 70.3 Å². The molecule has 1 aliphatic rings. The zero-order chi connectivity index (χ0) is 11.5. The summed E-state index contributed by atoms with van der Waals surface area (Å²) in [6.07, 6.45) is 0. The van der Waals surface area contributed by atoms with E-state index in [2.05, 4.69) is 25.2 Å². The van der Waals surface area contributed by atoms with Crippen molar-refractivity contribution in [2.75, 3.05) is 33.3 Å². The Labute approximate surface area is 94.6 Å². The number of rotatable bonds is 3. The standard InChI is InChI=1S/C9H18N6O/c1-13-3-4-15(5-8(13)7-16)6-9-10-12-14(2)11-9/h8,16H,3-7H2,1-2H3. The van der Waals surface area contributed by atoms with Crippen molar-refractivity contribution in [1.82, 2.24) is 30.0 Å². The Hall–Kier alpha value is -1.05. The smallest absolute Gasteiger partial charge is 0.188 e. The van der Waals surface area contributed by atoms with Crippen LogP contribution in [0.4, 0.5) is 0 Å². The molecular formula is C9H18N6O. The van der Waals surface area contributed by atoms with E-state index in [0.717, 1.165) is 25.5 Å². The van der Waals surface area contributed by atoms with Crippen molar-refractivity contribution in [3.63, 3.8) is 0 Å². The molecule has 1 aliphatic heterocycles. The van der Waals surface area contributed by atoms with Gasteiger partial charge in [0, 0.05) is 25.7 Å². The van der Waals surface area contributed by atoms with Gasteiger partial charge in [-0.15, -0.1) is 10.2 Å². The minimum Gasteiger partial charge on any atom is -0.395 e. The van der Waals surface area contributed by atoms with Crippen molar-refractivity contribution in [2.24, 2.45) is 7.05 Å². The van der Waals surface area contributed by atoms with Crippen LogP contribution in [0.2, 0.25) is 0 Å². The number of likely N-dealkylation sites (N-methyl/N-ethyl adjacent to an activating group) is 1. The molecule has 0 spiro atoms. The largest absolute Gasteiger partial charge is 0.395 e. The number of hydrogen-bond acceptors (Lipinski definition) is 6. The van der Waals surface area contributed by atoms with Crippen molar-refractivity contribution in [3.05, 3.63) is 5.82 Å². The fourth-order valence-electron chi connectivity index (χ4n) is 1.94. The molecule has 7 nitrogen and oxygen atoms in total. The van der Waals surface area contributed by atoms with Gasteiger partial charge in [0.15, 0.2) is 5.82 Å². The first-order valence-electron chi connectivity index (χ1n) is 5.45. The van der Waals surface area contributed by atoms with Gasteiger partial charge in [0.1, 0.15) is 0 Å². The number of aliphatic hydroxyl groups excluding tert-OH is 1. The van der Waals surface area contributed by atoms with Crippen LogP contribution >= 0.6 is 0 Å². The Morgan fingerprint density at radius 2 is 2.19 bits per heavy atom. The average molecular weight is 226 g/mol. The lowest BCUT2D eigenvalue weighted by molar-refractivity contribution is 0.0527. The third kappa shape index (κ3) is 2.55. The van der Waals surface area contributed by atoms with E-state index >= 15 is 0 Å². The summed E-state index contributed by atoms with van der Waals surface area (Å²) < 4.78 is 0. The monoisotopic (exact) mass is 226 g/mol. The molecular weight excluding hydrogens is 208 g/mol. The molecule has 16 heavy (non-hydrogen) atoms. The van der Waals surface area contributed by atoms with Gasteiger partial charge in [-0.25, -0.2) is 0 Å². The van der Waals surface area contributed by atoms with Gasteiger partial charge in [-0.05, 0) is 12.3 Å². The third-order valence-corrected chi connectivity index (χ3v) is 2.99. The number of aromatic nitrogens is 4. The molecule has 1 atom stereocenters. The van der Waals surface area contributed by atoms with Crippen LogP contribution in [0.25, 0.3) is 0 Å². The Balaban J connectivity index is 1.91. The Bertz CT molecular complexity index is 340. The van der Waals surface area contributed by atoms with Gasteiger partial charge in [-0.3, -0.25) is 9.80 Å². The van der Waals surface area contributed by atoms with E-state index in [0.29, 0.717) is 6.54 Å². The van der Waals surface area contributed by atoms with Crippen molar-refractivity contribution in [1.29, 1.82) is 0 Å². The summed E-state index contributed by atoms with van der Waals surface area (Å²) >= 11 is 0. The van der Waals surface area contributed by atoms with Crippen LogP contribution in [-0.2, 0) is 13.6 Å². The van der Waals surface area contributed by atoms with E-state index in [4.69, 9.17) is 0 Å². The number of nitrogens with zero attached hydrogens (tertiary/aromatic N) is 6. The highest BCUT2D eigenvalue weighted by atomic mass is 16.3. The number of hydrogen-bond donors (Lipinski definition) is 1. The molecule has 0 radical (unpaired) electrons. The van der Waals surface area contributed by atoms with Crippen molar-refractivity contribution in [3.8, 4) is 0 Å². The van der Waals surface area contributed by atoms with Crippen molar-refractivity contribution in [2.45, 2.75) is 12.6 Å². The summed E-state index contributed by atoms with van der Waals surface area (Å²) in [5.41, 5.74) is 0. The molecule has 0 aromatic carbocycles. The molecule has 1 aromatic heterocycles.